The monoisotopic (exact) mass is 328 g/mol. The highest BCUT2D eigenvalue weighted by Crippen LogP contribution is 2.12. The van der Waals surface area contributed by atoms with E-state index in [4.69, 9.17) is 4.74 Å². The molecule has 2 rings (SSSR count). The van der Waals surface area contributed by atoms with Gasteiger partial charge in [-0.3, -0.25) is 4.79 Å². The molecule has 0 aliphatic carbocycles. The molecule has 6 heteroatoms. The average molecular weight is 328 g/mol. The Kier molecular flexibility index (Phi) is 5.73. The third-order valence-electron chi connectivity index (χ3n) is 3.26. The Labute approximate surface area is 142 Å². The van der Waals surface area contributed by atoms with Crippen LogP contribution in [-0.4, -0.2) is 35.3 Å². The SMILES string of the molecule is COc1ccc(CCNC(=O)c2ccc(NC(C)(C)C)nn2)cc1. The van der Waals surface area contributed by atoms with Crippen LogP contribution in [0.25, 0.3) is 0 Å². The smallest absolute Gasteiger partial charge is 0.271 e. The predicted molar refractivity (Wildman–Crippen MR) is 94.4 cm³/mol. The number of amides is 1. The van der Waals surface area contributed by atoms with Crippen molar-refractivity contribution in [3.8, 4) is 5.75 Å². The Hall–Kier alpha value is -2.63. The summed E-state index contributed by atoms with van der Waals surface area (Å²) in [5, 5.41) is 14.1. The number of carbonyl (C=O) groups excluding carboxylic acids is 1. The second-order valence-corrected chi connectivity index (χ2v) is 6.53. The number of rotatable bonds is 6. The van der Waals surface area contributed by atoms with E-state index in [1.54, 1.807) is 19.2 Å². The Morgan fingerprint density at radius 3 is 2.33 bits per heavy atom. The highest BCUT2D eigenvalue weighted by molar-refractivity contribution is 5.92. The normalized spacial score (nSPS) is 11.0. The van der Waals surface area contributed by atoms with Crippen LogP contribution in [0, 0.1) is 0 Å². The topological polar surface area (TPSA) is 76.1 Å². The maximum atomic E-state index is 12.1. The molecule has 6 nitrogen and oxygen atoms in total. The van der Waals surface area contributed by atoms with E-state index >= 15 is 0 Å². The van der Waals surface area contributed by atoms with E-state index in [1.165, 1.54) is 0 Å². The standard InChI is InChI=1S/C18H24N4O2/c1-18(2,3)20-16-10-9-15(21-22-16)17(23)19-12-11-13-5-7-14(24-4)8-6-13/h5-10H,11-12H2,1-4H3,(H,19,23)(H,20,22). The molecule has 24 heavy (non-hydrogen) atoms. The summed E-state index contributed by atoms with van der Waals surface area (Å²) in [5.41, 5.74) is 1.34. The number of aromatic nitrogens is 2. The van der Waals surface area contributed by atoms with E-state index in [2.05, 4.69) is 20.8 Å². The Balaban J connectivity index is 1.83. The zero-order valence-electron chi connectivity index (χ0n) is 14.6. The van der Waals surface area contributed by atoms with Gasteiger partial charge in [0.1, 0.15) is 11.6 Å². The maximum absolute atomic E-state index is 12.1. The summed E-state index contributed by atoms with van der Waals surface area (Å²) in [5.74, 6) is 1.25. The highest BCUT2D eigenvalue weighted by Gasteiger charge is 2.12. The molecule has 0 atom stereocenters. The van der Waals surface area contributed by atoms with Crippen LogP contribution in [-0.2, 0) is 6.42 Å². The number of carbonyl (C=O) groups is 1. The molecule has 0 saturated heterocycles. The number of methoxy groups -OCH3 is 1. The zero-order chi connectivity index (χ0) is 17.6. The first kappa shape index (κ1) is 17.7. The minimum Gasteiger partial charge on any atom is -0.497 e. The molecule has 0 fully saturated rings. The van der Waals surface area contributed by atoms with Crippen molar-refractivity contribution < 1.29 is 9.53 Å². The lowest BCUT2D eigenvalue weighted by Crippen LogP contribution is -2.28. The average Bonchev–Trinajstić information content (AvgIpc) is 2.54. The van der Waals surface area contributed by atoms with Gasteiger partial charge in [-0.1, -0.05) is 12.1 Å². The lowest BCUT2D eigenvalue weighted by Gasteiger charge is -2.20. The summed E-state index contributed by atoms with van der Waals surface area (Å²) < 4.78 is 5.12. The Morgan fingerprint density at radius 2 is 1.79 bits per heavy atom. The van der Waals surface area contributed by atoms with Gasteiger partial charge >= 0.3 is 0 Å². The van der Waals surface area contributed by atoms with Crippen molar-refractivity contribution in [2.45, 2.75) is 32.7 Å². The van der Waals surface area contributed by atoms with E-state index < -0.39 is 0 Å². The number of nitrogens with zero attached hydrogens (tertiary/aromatic N) is 2. The van der Waals surface area contributed by atoms with Gasteiger partial charge in [0, 0.05) is 12.1 Å². The van der Waals surface area contributed by atoms with Crippen LogP contribution in [0.3, 0.4) is 0 Å². The third kappa shape index (κ3) is 5.53. The molecule has 1 amide bonds. The molecule has 0 aliphatic heterocycles. The van der Waals surface area contributed by atoms with E-state index in [0.717, 1.165) is 17.7 Å². The highest BCUT2D eigenvalue weighted by atomic mass is 16.5. The van der Waals surface area contributed by atoms with E-state index in [1.807, 2.05) is 45.0 Å². The first-order chi connectivity index (χ1) is 11.4. The molecule has 2 N–H and O–H groups in total. The second kappa shape index (κ2) is 7.77. The number of ether oxygens (including phenoxy) is 1. The number of hydrogen-bond acceptors (Lipinski definition) is 5. The largest absolute Gasteiger partial charge is 0.497 e. The van der Waals surface area contributed by atoms with Gasteiger partial charge in [0.05, 0.1) is 7.11 Å². The lowest BCUT2D eigenvalue weighted by atomic mass is 10.1. The summed E-state index contributed by atoms with van der Waals surface area (Å²) in [4.78, 5) is 12.1. The number of benzene rings is 1. The number of hydrogen-bond donors (Lipinski definition) is 2. The molecule has 0 spiro atoms. The van der Waals surface area contributed by atoms with Crippen molar-refractivity contribution in [3.63, 3.8) is 0 Å². The lowest BCUT2D eigenvalue weighted by molar-refractivity contribution is 0.0948. The molecule has 128 valence electrons. The van der Waals surface area contributed by atoms with Gasteiger partial charge in [-0.2, -0.15) is 0 Å². The van der Waals surface area contributed by atoms with E-state index in [0.29, 0.717) is 18.1 Å². The molecule has 0 radical (unpaired) electrons. The van der Waals surface area contributed by atoms with Gasteiger partial charge in [0.25, 0.3) is 5.91 Å². The molecule has 2 aromatic rings. The molecular formula is C18H24N4O2. The first-order valence-electron chi connectivity index (χ1n) is 7.90. The van der Waals surface area contributed by atoms with Crippen LogP contribution in [0.15, 0.2) is 36.4 Å². The summed E-state index contributed by atoms with van der Waals surface area (Å²) in [6, 6.07) is 11.2. The van der Waals surface area contributed by atoms with Crippen molar-refractivity contribution in [3.05, 3.63) is 47.7 Å². The molecule has 0 saturated carbocycles. The summed E-state index contributed by atoms with van der Waals surface area (Å²) in [6.07, 6.45) is 0.743. The van der Waals surface area contributed by atoms with Crippen molar-refractivity contribution in [1.82, 2.24) is 15.5 Å². The van der Waals surface area contributed by atoms with Gasteiger partial charge in [-0.15, -0.1) is 10.2 Å². The van der Waals surface area contributed by atoms with Crippen LogP contribution in [0.2, 0.25) is 0 Å². The van der Waals surface area contributed by atoms with Gasteiger partial charge in [0.2, 0.25) is 0 Å². The molecule has 1 aromatic carbocycles. The Bertz CT molecular complexity index is 661. The van der Waals surface area contributed by atoms with Crippen LogP contribution in [0.1, 0.15) is 36.8 Å². The number of anilines is 1. The fraction of sp³-hybridized carbons (Fsp3) is 0.389. The fourth-order valence-electron chi connectivity index (χ4n) is 2.11. The second-order valence-electron chi connectivity index (χ2n) is 6.53. The first-order valence-corrected chi connectivity index (χ1v) is 7.90. The van der Waals surface area contributed by atoms with Crippen LogP contribution in [0.5, 0.6) is 5.75 Å². The summed E-state index contributed by atoms with van der Waals surface area (Å²) in [6.45, 7) is 6.65. The third-order valence-corrected chi connectivity index (χ3v) is 3.26. The van der Waals surface area contributed by atoms with Crippen molar-refractivity contribution >= 4 is 11.7 Å². The fourth-order valence-corrected chi connectivity index (χ4v) is 2.11. The quantitative estimate of drug-likeness (QED) is 0.852. The molecular weight excluding hydrogens is 304 g/mol. The zero-order valence-corrected chi connectivity index (χ0v) is 14.6. The van der Waals surface area contributed by atoms with E-state index in [-0.39, 0.29) is 11.4 Å². The van der Waals surface area contributed by atoms with Gasteiger partial charge in [-0.05, 0) is 57.0 Å². The van der Waals surface area contributed by atoms with Gasteiger partial charge in [0.15, 0.2) is 5.69 Å². The summed E-state index contributed by atoms with van der Waals surface area (Å²) in [7, 11) is 1.64. The molecule has 0 bridgehead atoms. The van der Waals surface area contributed by atoms with Crippen molar-refractivity contribution in [1.29, 1.82) is 0 Å². The minimum absolute atomic E-state index is 0.100. The van der Waals surface area contributed by atoms with Crippen molar-refractivity contribution in [2.24, 2.45) is 0 Å². The summed E-state index contributed by atoms with van der Waals surface area (Å²) >= 11 is 0. The van der Waals surface area contributed by atoms with Gasteiger partial charge in [-0.25, -0.2) is 0 Å². The van der Waals surface area contributed by atoms with E-state index in [9.17, 15) is 4.79 Å². The van der Waals surface area contributed by atoms with Crippen LogP contribution < -0.4 is 15.4 Å². The van der Waals surface area contributed by atoms with Crippen LogP contribution >= 0.6 is 0 Å². The maximum Gasteiger partial charge on any atom is 0.271 e. The predicted octanol–water partition coefficient (Wildman–Crippen LogP) is 2.67. The molecule has 1 aromatic heterocycles. The van der Waals surface area contributed by atoms with Crippen molar-refractivity contribution in [2.75, 3.05) is 19.0 Å². The molecule has 0 aliphatic rings. The van der Waals surface area contributed by atoms with Crippen LogP contribution in [0.4, 0.5) is 5.82 Å². The number of nitrogens with one attached hydrogen (secondary N) is 2. The minimum atomic E-state index is -0.224. The molecule has 0 unspecified atom stereocenters. The molecule has 1 heterocycles. The Morgan fingerprint density at radius 1 is 1.08 bits per heavy atom. The van der Waals surface area contributed by atoms with Gasteiger partial charge < -0.3 is 15.4 Å².